The molecule has 0 aromatic carbocycles. The molecule has 2 aliphatic heterocycles. The number of alkyl halides is 3. The quantitative estimate of drug-likeness (QED) is 0.776. The van der Waals surface area contributed by atoms with Crippen molar-refractivity contribution in [3.63, 3.8) is 0 Å². The predicted octanol–water partition coefficient (Wildman–Crippen LogP) is 0.680. The highest BCUT2D eigenvalue weighted by atomic mass is 19.4. The molecule has 1 N–H and O–H groups in total. The van der Waals surface area contributed by atoms with Gasteiger partial charge in [-0.05, 0) is 12.8 Å². The number of nitrogens with zero attached hydrogens (tertiary/aromatic N) is 2. The predicted molar refractivity (Wildman–Crippen MR) is 66.4 cm³/mol. The van der Waals surface area contributed by atoms with Gasteiger partial charge in [-0.15, -0.1) is 0 Å². The van der Waals surface area contributed by atoms with Crippen molar-refractivity contribution in [2.75, 3.05) is 26.2 Å². The standard InChI is InChI=1S/C12H16F3N3O3/c13-12(14,15)7-18-4-1-2-9(11(18)20)10(19)16-6-8-3-5-21-17-8/h9H,1-7H2,(H,16,19). The summed E-state index contributed by atoms with van der Waals surface area (Å²) in [5, 5.41) is 6.22. The molecule has 0 bridgehead atoms. The normalized spacial score (nSPS) is 22.8. The van der Waals surface area contributed by atoms with Crippen molar-refractivity contribution in [1.82, 2.24) is 10.2 Å². The molecule has 2 rings (SSSR count). The molecule has 0 aromatic rings. The lowest BCUT2D eigenvalue weighted by molar-refractivity contribution is -0.168. The van der Waals surface area contributed by atoms with Gasteiger partial charge in [0.25, 0.3) is 0 Å². The number of hydrogen-bond donors (Lipinski definition) is 1. The van der Waals surface area contributed by atoms with E-state index in [1.165, 1.54) is 0 Å². The van der Waals surface area contributed by atoms with E-state index in [4.69, 9.17) is 4.84 Å². The Morgan fingerprint density at radius 2 is 2.24 bits per heavy atom. The second-order valence-corrected chi connectivity index (χ2v) is 5.03. The summed E-state index contributed by atoms with van der Waals surface area (Å²) in [6.07, 6.45) is -3.21. The van der Waals surface area contributed by atoms with Gasteiger partial charge in [0.05, 0.1) is 12.3 Å². The van der Waals surface area contributed by atoms with Crippen molar-refractivity contribution < 1.29 is 27.6 Å². The fourth-order valence-electron chi connectivity index (χ4n) is 2.34. The van der Waals surface area contributed by atoms with Gasteiger partial charge >= 0.3 is 6.18 Å². The van der Waals surface area contributed by atoms with Gasteiger partial charge in [-0.1, -0.05) is 5.16 Å². The molecule has 0 saturated carbocycles. The smallest absolute Gasteiger partial charge is 0.395 e. The number of likely N-dealkylation sites (tertiary alicyclic amines) is 1. The maximum atomic E-state index is 12.4. The van der Waals surface area contributed by atoms with Crippen LogP contribution in [0, 0.1) is 5.92 Å². The highest BCUT2D eigenvalue weighted by Gasteiger charge is 2.39. The molecule has 21 heavy (non-hydrogen) atoms. The molecule has 0 aromatic heterocycles. The van der Waals surface area contributed by atoms with Crippen LogP contribution in [-0.2, 0) is 14.4 Å². The average Bonchev–Trinajstić information content (AvgIpc) is 2.90. The summed E-state index contributed by atoms with van der Waals surface area (Å²) in [6.45, 7) is -0.673. The van der Waals surface area contributed by atoms with Crippen LogP contribution in [0.3, 0.4) is 0 Å². The molecule has 2 aliphatic rings. The van der Waals surface area contributed by atoms with E-state index in [1.54, 1.807) is 0 Å². The Labute approximate surface area is 119 Å². The first-order valence-electron chi connectivity index (χ1n) is 6.68. The van der Waals surface area contributed by atoms with Crippen molar-refractivity contribution >= 4 is 17.5 Å². The summed E-state index contributed by atoms with van der Waals surface area (Å²) >= 11 is 0. The molecule has 2 amide bonds. The van der Waals surface area contributed by atoms with E-state index < -0.39 is 30.5 Å². The third kappa shape index (κ3) is 4.33. The summed E-state index contributed by atoms with van der Waals surface area (Å²) in [6, 6.07) is 0. The Morgan fingerprint density at radius 1 is 1.48 bits per heavy atom. The summed E-state index contributed by atoms with van der Waals surface area (Å²) in [7, 11) is 0. The first-order valence-corrected chi connectivity index (χ1v) is 6.68. The molecule has 0 aliphatic carbocycles. The third-order valence-electron chi connectivity index (χ3n) is 3.36. The number of oxime groups is 1. The number of rotatable bonds is 4. The van der Waals surface area contributed by atoms with Crippen LogP contribution in [-0.4, -0.2) is 54.8 Å². The van der Waals surface area contributed by atoms with Gasteiger partial charge in [0, 0.05) is 13.0 Å². The minimum atomic E-state index is -4.45. The molecule has 1 atom stereocenters. The average molecular weight is 307 g/mol. The zero-order chi connectivity index (χ0) is 15.5. The third-order valence-corrected chi connectivity index (χ3v) is 3.36. The molecule has 0 radical (unpaired) electrons. The zero-order valence-electron chi connectivity index (χ0n) is 11.3. The molecule has 6 nitrogen and oxygen atoms in total. The van der Waals surface area contributed by atoms with E-state index in [1.807, 2.05) is 0 Å². The van der Waals surface area contributed by atoms with E-state index in [2.05, 4.69) is 10.5 Å². The zero-order valence-corrected chi connectivity index (χ0v) is 11.3. The number of amides is 2. The van der Waals surface area contributed by atoms with Crippen LogP contribution in [0.5, 0.6) is 0 Å². The summed E-state index contributed by atoms with van der Waals surface area (Å²) in [4.78, 5) is 29.4. The van der Waals surface area contributed by atoms with Gasteiger partial charge in [0.15, 0.2) is 0 Å². The number of nitrogens with one attached hydrogen (secondary N) is 1. The lowest BCUT2D eigenvalue weighted by Crippen LogP contribution is -2.50. The van der Waals surface area contributed by atoms with Crippen LogP contribution in [0.25, 0.3) is 0 Å². The van der Waals surface area contributed by atoms with Crippen LogP contribution in [0.2, 0.25) is 0 Å². The Morgan fingerprint density at radius 3 is 2.86 bits per heavy atom. The fraction of sp³-hybridized carbons (Fsp3) is 0.750. The van der Waals surface area contributed by atoms with Crippen LogP contribution in [0.4, 0.5) is 13.2 Å². The minimum Gasteiger partial charge on any atom is -0.395 e. The molecule has 9 heteroatoms. The molecule has 1 saturated heterocycles. The highest BCUT2D eigenvalue weighted by Crippen LogP contribution is 2.23. The topological polar surface area (TPSA) is 71.0 Å². The largest absolute Gasteiger partial charge is 0.406 e. The summed E-state index contributed by atoms with van der Waals surface area (Å²) in [5.74, 6) is -2.37. The Bertz CT molecular complexity index is 451. The van der Waals surface area contributed by atoms with Gasteiger partial charge in [0.1, 0.15) is 19.1 Å². The number of hydrogen-bond acceptors (Lipinski definition) is 4. The molecule has 1 unspecified atom stereocenters. The fourth-order valence-corrected chi connectivity index (χ4v) is 2.34. The van der Waals surface area contributed by atoms with Gasteiger partial charge in [0.2, 0.25) is 11.8 Å². The Balaban J connectivity index is 1.89. The first kappa shape index (κ1) is 15.6. The van der Waals surface area contributed by atoms with Crippen molar-refractivity contribution in [2.45, 2.75) is 25.4 Å². The first-order chi connectivity index (χ1) is 9.87. The maximum absolute atomic E-state index is 12.4. The number of piperidine rings is 1. The lowest BCUT2D eigenvalue weighted by atomic mass is 9.96. The van der Waals surface area contributed by atoms with E-state index >= 15 is 0 Å². The highest BCUT2D eigenvalue weighted by molar-refractivity contribution is 6.02. The van der Waals surface area contributed by atoms with Gasteiger partial charge in [-0.2, -0.15) is 13.2 Å². The van der Waals surface area contributed by atoms with Crippen molar-refractivity contribution in [2.24, 2.45) is 11.1 Å². The number of carbonyl (C=O) groups excluding carboxylic acids is 2. The molecule has 0 spiro atoms. The van der Waals surface area contributed by atoms with E-state index in [9.17, 15) is 22.8 Å². The van der Waals surface area contributed by atoms with Gasteiger partial charge in [-0.3, -0.25) is 9.59 Å². The Kier molecular flexibility index (Phi) is 4.69. The Hall–Kier alpha value is -1.80. The van der Waals surface area contributed by atoms with Crippen LogP contribution >= 0.6 is 0 Å². The second-order valence-electron chi connectivity index (χ2n) is 5.03. The lowest BCUT2D eigenvalue weighted by Gasteiger charge is -2.32. The van der Waals surface area contributed by atoms with Crippen LogP contribution in [0.1, 0.15) is 19.3 Å². The van der Waals surface area contributed by atoms with Crippen LogP contribution < -0.4 is 5.32 Å². The minimum absolute atomic E-state index is 0.0304. The summed E-state index contributed by atoms with van der Waals surface area (Å²) < 4.78 is 37.1. The maximum Gasteiger partial charge on any atom is 0.406 e. The van der Waals surface area contributed by atoms with Gasteiger partial charge in [-0.25, -0.2) is 0 Å². The molecule has 1 fully saturated rings. The van der Waals surface area contributed by atoms with E-state index in [-0.39, 0.29) is 19.5 Å². The monoisotopic (exact) mass is 307 g/mol. The molecular weight excluding hydrogens is 291 g/mol. The van der Waals surface area contributed by atoms with Crippen molar-refractivity contribution in [1.29, 1.82) is 0 Å². The van der Waals surface area contributed by atoms with Crippen LogP contribution in [0.15, 0.2) is 5.16 Å². The summed E-state index contributed by atoms with van der Waals surface area (Å²) in [5.41, 5.74) is 0.652. The molecular formula is C12H16F3N3O3. The van der Waals surface area contributed by atoms with Gasteiger partial charge < -0.3 is 15.1 Å². The number of halogens is 3. The van der Waals surface area contributed by atoms with E-state index in [0.29, 0.717) is 30.1 Å². The molecule has 118 valence electrons. The van der Waals surface area contributed by atoms with E-state index in [0.717, 1.165) is 0 Å². The van der Waals surface area contributed by atoms with Crippen molar-refractivity contribution in [3.05, 3.63) is 0 Å². The number of carbonyl (C=O) groups is 2. The second kappa shape index (κ2) is 6.31. The van der Waals surface area contributed by atoms with Crippen molar-refractivity contribution in [3.8, 4) is 0 Å². The SMILES string of the molecule is O=C(NCC1=NOCC1)C1CCCN(CC(F)(F)F)C1=O. The molecule has 2 heterocycles.